The first-order chi connectivity index (χ1) is 21.2. The number of carbonyl (C=O) groups excluding carboxylic acids is 2. The maximum atomic E-state index is 12.9. The first-order valence-corrected chi connectivity index (χ1v) is 13.9. The molecule has 0 bridgehead atoms. The summed E-state index contributed by atoms with van der Waals surface area (Å²) < 4.78 is 32.8. The van der Waals surface area contributed by atoms with Crippen molar-refractivity contribution in [2.45, 2.75) is 31.8 Å². The fourth-order valence-corrected chi connectivity index (χ4v) is 5.32. The predicted molar refractivity (Wildman–Crippen MR) is 158 cm³/mol. The molecule has 0 saturated heterocycles. The highest BCUT2D eigenvalue weighted by Crippen LogP contribution is 2.37. The van der Waals surface area contributed by atoms with Gasteiger partial charge in [0.05, 0.1) is 52.9 Å². The van der Waals surface area contributed by atoms with Crippen LogP contribution in [0.2, 0.25) is 0 Å². The van der Waals surface area contributed by atoms with Gasteiger partial charge in [0.25, 0.3) is 0 Å². The van der Waals surface area contributed by atoms with Gasteiger partial charge in [0, 0.05) is 24.7 Å². The second kappa shape index (κ2) is 13.1. The molecular formula is C33H33NO10. The molecule has 0 radical (unpaired) electrons. The van der Waals surface area contributed by atoms with E-state index >= 15 is 0 Å². The zero-order valence-corrected chi connectivity index (χ0v) is 24.9. The maximum absolute atomic E-state index is 12.9. The van der Waals surface area contributed by atoms with E-state index in [1.807, 2.05) is 12.1 Å². The third-order valence-electron chi connectivity index (χ3n) is 7.65. The van der Waals surface area contributed by atoms with Crippen LogP contribution in [0.1, 0.15) is 51.1 Å². The number of furan rings is 1. The van der Waals surface area contributed by atoms with E-state index in [2.05, 4.69) is 4.90 Å². The zero-order chi connectivity index (χ0) is 31.4. The smallest absolute Gasteiger partial charge is 0.337 e. The van der Waals surface area contributed by atoms with Gasteiger partial charge in [-0.05, 0) is 53.9 Å². The Morgan fingerprint density at radius 1 is 0.909 bits per heavy atom. The van der Waals surface area contributed by atoms with Crippen molar-refractivity contribution >= 4 is 11.9 Å². The molecule has 0 saturated carbocycles. The number of methoxy groups -OCH3 is 4. The molecule has 2 aromatic carbocycles. The first kappa shape index (κ1) is 30.4. The topological polar surface area (TPSA) is 138 Å². The van der Waals surface area contributed by atoms with Crippen molar-refractivity contribution in [2.75, 3.05) is 35.0 Å². The van der Waals surface area contributed by atoms with Gasteiger partial charge in [0.15, 0.2) is 17.3 Å². The van der Waals surface area contributed by atoms with Crippen molar-refractivity contribution in [1.29, 1.82) is 0 Å². The van der Waals surface area contributed by atoms with Gasteiger partial charge in [-0.1, -0.05) is 12.1 Å². The summed E-state index contributed by atoms with van der Waals surface area (Å²) in [6, 6.07) is 15.1. The van der Waals surface area contributed by atoms with E-state index in [-0.39, 0.29) is 24.5 Å². The Labute approximate surface area is 253 Å². The van der Waals surface area contributed by atoms with Crippen molar-refractivity contribution < 1.29 is 42.5 Å². The molecule has 1 aliphatic rings. The summed E-state index contributed by atoms with van der Waals surface area (Å²) in [5.41, 5.74) is 2.64. The van der Waals surface area contributed by atoms with Gasteiger partial charge < -0.3 is 32.9 Å². The number of benzene rings is 2. The molecule has 11 nitrogen and oxygen atoms in total. The number of aromatic hydroxyl groups is 1. The SMILES string of the molecule is COC(=O)C[C@H](c1ccc(-c2ccc(C(=O)OC)cc2)o1)c1oc(CN2CCc3cc(OC)c(OC)cc3C2)cc(=O)c1O. The third-order valence-corrected chi connectivity index (χ3v) is 7.65. The minimum absolute atomic E-state index is 0.0938. The molecule has 230 valence electrons. The molecule has 4 aromatic rings. The summed E-state index contributed by atoms with van der Waals surface area (Å²) in [6.07, 6.45) is 0.509. The van der Waals surface area contributed by atoms with Gasteiger partial charge in [-0.15, -0.1) is 0 Å². The second-order valence-corrected chi connectivity index (χ2v) is 10.3. The molecule has 0 aliphatic carbocycles. The molecule has 1 atom stereocenters. The number of hydrogen-bond donors (Lipinski definition) is 1. The first-order valence-electron chi connectivity index (χ1n) is 13.9. The van der Waals surface area contributed by atoms with Gasteiger partial charge in [-0.3, -0.25) is 14.5 Å². The normalized spacial score (nSPS) is 13.5. The molecule has 1 N–H and O–H groups in total. The fourth-order valence-electron chi connectivity index (χ4n) is 5.32. The number of rotatable bonds is 10. The Hall–Kier alpha value is -5.03. The third kappa shape index (κ3) is 6.32. The van der Waals surface area contributed by atoms with E-state index in [0.717, 1.165) is 17.5 Å². The quantitative estimate of drug-likeness (QED) is 0.253. The average Bonchev–Trinajstić information content (AvgIpc) is 3.54. The van der Waals surface area contributed by atoms with Gasteiger partial charge in [-0.25, -0.2) is 4.79 Å². The molecule has 2 aromatic heterocycles. The van der Waals surface area contributed by atoms with Crippen LogP contribution in [0.5, 0.6) is 17.2 Å². The van der Waals surface area contributed by atoms with E-state index in [1.54, 1.807) is 50.6 Å². The Balaban J connectivity index is 1.44. The summed E-state index contributed by atoms with van der Waals surface area (Å²) in [5.74, 6) is -0.335. The summed E-state index contributed by atoms with van der Waals surface area (Å²) in [5, 5.41) is 10.8. The molecule has 44 heavy (non-hydrogen) atoms. The highest BCUT2D eigenvalue weighted by molar-refractivity contribution is 5.89. The van der Waals surface area contributed by atoms with Crippen LogP contribution in [-0.4, -0.2) is 56.9 Å². The lowest BCUT2D eigenvalue weighted by atomic mass is 9.97. The molecule has 5 rings (SSSR count). The standard InChI is InChI=1S/C33H33NO10/c1-39-28-13-21-11-12-34(17-22(21)14-29(28)40-2)18-23-15-25(35)31(37)32(43-23)24(16-30(36)41-3)27-10-9-26(44-27)19-5-7-20(8-6-19)33(38)42-4/h5-10,13-15,24,37H,11-12,16-18H2,1-4H3/t24-/m1/s1. The highest BCUT2D eigenvalue weighted by Gasteiger charge is 2.30. The van der Waals surface area contributed by atoms with Crippen molar-refractivity contribution in [3.8, 4) is 28.6 Å². The van der Waals surface area contributed by atoms with Crippen LogP contribution < -0.4 is 14.9 Å². The molecular weight excluding hydrogens is 570 g/mol. The lowest BCUT2D eigenvalue weighted by molar-refractivity contribution is -0.141. The molecule has 0 spiro atoms. The minimum atomic E-state index is -0.947. The van der Waals surface area contributed by atoms with Gasteiger partial charge in [0.2, 0.25) is 11.2 Å². The van der Waals surface area contributed by atoms with Crippen LogP contribution >= 0.6 is 0 Å². The minimum Gasteiger partial charge on any atom is -0.502 e. The van der Waals surface area contributed by atoms with Crippen molar-refractivity contribution in [3.63, 3.8) is 0 Å². The van der Waals surface area contributed by atoms with Gasteiger partial charge >= 0.3 is 11.9 Å². The Bertz CT molecular complexity index is 1720. The molecule has 0 fully saturated rings. The lowest BCUT2D eigenvalue weighted by Crippen LogP contribution is -2.30. The Morgan fingerprint density at radius 2 is 1.61 bits per heavy atom. The predicted octanol–water partition coefficient (Wildman–Crippen LogP) is 4.66. The van der Waals surface area contributed by atoms with E-state index in [0.29, 0.717) is 47.2 Å². The second-order valence-electron chi connectivity index (χ2n) is 10.3. The average molecular weight is 604 g/mol. The van der Waals surface area contributed by atoms with Gasteiger partial charge in [-0.2, -0.15) is 0 Å². The number of hydrogen-bond acceptors (Lipinski definition) is 11. The Morgan fingerprint density at radius 3 is 2.27 bits per heavy atom. The number of nitrogens with zero attached hydrogens (tertiary/aromatic N) is 1. The van der Waals surface area contributed by atoms with E-state index in [1.165, 1.54) is 20.3 Å². The lowest BCUT2D eigenvalue weighted by Gasteiger charge is -2.29. The molecule has 0 amide bonds. The van der Waals surface area contributed by atoms with Crippen LogP contribution in [0, 0.1) is 0 Å². The monoisotopic (exact) mass is 603 g/mol. The Kier molecular flexibility index (Phi) is 9.05. The van der Waals surface area contributed by atoms with Crippen molar-refractivity contribution in [2.24, 2.45) is 0 Å². The van der Waals surface area contributed by atoms with Crippen LogP contribution in [0.25, 0.3) is 11.3 Å². The largest absolute Gasteiger partial charge is 0.502 e. The van der Waals surface area contributed by atoms with E-state index in [9.17, 15) is 19.5 Å². The van der Waals surface area contributed by atoms with Crippen LogP contribution in [0.3, 0.4) is 0 Å². The van der Waals surface area contributed by atoms with Crippen molar-refractivity contribution in [3.05, 3.63) is 98.8 Å². The summed E-state index contributed by atoms with van der Waals surface area (Å²) in [4.78, 5) is 39.3. The number of fused-ring (bicyclic) bond motifs is 1. The maximum Gasteiger partial charge on any atom is 0.337 e. The summed E-state index contributed by atoms with van der Waals surface area (Å²) in [6.45, 7) is 1.57. The van der Waals surface area contributed by atoms with E-state index in [4.69, 9.17) is 27.8 Å². The number of esters is 2. The summed E-state index contributed by atoms with van der Waals surface area (Å²) in [7, 11) is 5.75. The van der Waals surface area contributed by atoms with Crippen LogP contribution in [0.15, 0.2) is 68.2 Å². The highest BCUT2D eigenvalue weighted by atomic mass is 16.5. The number of ether oxygens (including phenoxy) is 4. The zero-order valence-electron chi connectivity index (χ0n) is 24.9. The molecule has 0 unspecified atom stereocenters. The number of carbonyl (C=O) groups is 2. The van der Waals surface area contributed by atoms with Gasteiger partial charge in [0.1, 0.15) is 17.3 Å². The molecule has 3 heterocycles. The fraction of sp³-hybridized carbons (Fsp3) is 0.303. The van der Waals surface area contributed by atoms with Crippen molar-refractivity contribution in [1.82, 2.24) is 4.90 Å². The molecule has 11 heteroatoms. The summed E-state index contributed by atoms with van der Waals surface area (Å²) >= 11 is 0. The van der Waals surface area contributed by atoms with E-state index < -0.39 is 29.0 Å². The van der Waals surface area contributed by atoms with Crippen LogP contribution in [0.4, 0.5) is 0 Å². The molecule has 1 aliphatic heterocycles. The van der Waals surface area contributed by atoms with Crippen LogP contribution in [-0.2, 0) is 33.8 Å².